The monoisotopic (exact) mass is 339 g/mol. The van der Waals surface area contributed by atoms with E-state index in [1.54, 1.807) is 19.2 Å². The molecule has 25 heavy (non-hydrogen) atoms. The molecule has 0 bridgehead atoms. The summed E-state index contributed by atoms with van der Waals surface area (Å²) >= 11 is 0. The molecule has 0 fully saturated rings. The smallest absolute Gasteiger partial charge is 0.200 e. The van der Waals surface area contributed by atoms with Gasteiger partial charge in [0.1, 0.15) is 5.75 Å². The predicted molar refractivity (Wildman–Crippen MR) is 96.2 cm³/mol. The van der Waals surface area contributed by atoms with Crippen molar-refractivity contribution in [1.82, 2.24) is 9.55 Å². The number of phenolic OH excluding ortho intramolecular Hbond substituents is 1. The molecule has 0 spiro atoms. The maximum Gasteiger partial charge on any atom is 0.200 e. The highest BCUT2D eigenvalue weighted by Gasteiger charge is 2.09. The third kappa shape index (κ3) is 3.85. The lowest BCUT2D eigenvalue weighted by molar-refractivity contribution is 0.373. The molecule has 0 unspecified atom stereocenters. The van der Waals surface area contributed by atoms with E-state index in [0.29, 0.717) is 24.7 Å². The Morgan fingerprint density at radius 3 is 2.44 bits per heavy atom. The van der Waals surface area contributed by atoms with Crippen molar-refractivity contribution in [3.8, 4) is 17.2 Å². The van der Waals surface area contributed by atoms with Gasteiger partial charge in [-0.15, -0.1) is 0 Å². The second-order valence-corrected chi connectivity index (χ2v) is 5.75. The van der Waals surface area contributed by atoms with Crippen LogP contribution in [0, 0.1) is 0 Å². The van der Waals surface area contributed by atoms with Gasteiger partial charge in [0, 0.05) is 12.6 Å². The first-order valence-electron chi connectivity index (χ1n) is 7.89. The zero-order chi connectivity index (χ0) is 17.8. The van der Waals surface area contributed by atoms with E-state index in [2.05, 4.69) is 4.98 Å². The van der Waals surface area contributed by atoms with E-state index >= 15 is 0 Å². The van der Waals surface area contributed by atoms with Gasteiger partial charge in [0.05, 0.1) is 26.5 Å². The molecule has 0 aliphatic heterocycles. The number of hydrogen-bond acceptors (Lipinski definition) is 5. The van der Waals surface area contributed by atoms with Crippen LogP contribution in [0.15, 0.2) is 48.7 Å². The van der Waals surface area contributed by atoms with Gasteiger partial charge in [-0.05, 0) is 35.4 Å². The number of aromatic nitrogens is 2. The Hall–Kier alpha value is -3.15. The first kappa shape index (κ1) is 16.7. The number of imidazole rings is 1. The summed E-state index contributed by atoms with van der Waals surface area (Å²) in [6, 6.07) is 13.1. The van der Waals surface area contributed by atoms with Gasteiger partial charge in [0.15, 0.2) is 11.5 Å². The molecular weight excluding hydrogens is 318 g/mol. The molecule has 6 heteroatoms. The summed E-state index contributed by atoms with van der Waals surface area (Å²) in [5.41, 5.74) is 9.00. The third-order valence-corrected chi connectivity index (χ3v) is 4.00. The van der Waals surface area contributed by atoms with E-state index in [4.69, 9.17) is 15.2 Å². The largest absolute Gasteiger partial charge is 0.504 e. The summed E-state index contributed by atoms with van der Waals surface area (Å²) in [5, 5.41) is 9.68. The number of rotatable bonds is 6. The molecule has 0 aliphatic carbocycles. The summed E-state index contributed by atoms with van der Waals surface area (Å²) in [6.45, 7) is 0.641. The Balaban J connectivity index is 1.75. The standard InChI is InChI=1S/C19H21N3O3/c1-24-16-6-3-13(4-7-16)11-22-12-15(21-19(22)20)9-14-5-8-17(23)18(10-14)25-2/h3-8,10,12,23H,9,11H2,1-2H3,(H2,20,21). The molecule has 0 saturated carbocycles. The number of methoxy groups -OCH3 is 2. The number of nitrogens with two attached hydrogens (primary N) is 1. The number of phenols is 1. The van der Waals surface area contributed by atoms with Crippen LogP contribution in [0.2, 0.25) is 0 Å². The van der Waals surface area contributed by atoms with Crippen LogP contribution in [-0.2, 0) is 13.0 Å². The summed E-state index contributed by atoms with van der Waals surface area (Å²) in [5.74, 6) is 1.86. The van der Waals surface area contributed by atoms with E-state index < -0.39 is 0 Å². The molecule has 1 heterocycles. The number of benzene rings is 2. The Morgan fingerprint density at radius 1 is 1.04 bits per heavy atom. The zero-order valence-electron chi connectivity index (χ0n) is 14.3. The zero-order valence-corrected chi connectivity index (χ0v) is 14.3. The summed E-state index contributed by atoms with van der Waals surface area (Å²) in [4.78, 5) is 4.43. The van der Waals surface area contributed by atoms with Gasteiger partial charge in [0.25, 0.3) is 0 Å². The van der Waals surface area contributed by atoms with Crippen molar-refractivity contribution in [3.05, 3.63) is 65.5 Å². The second kappa shape index (κ2) is 7.17. The molecular formula is C19H21N3O3. The van der Waals surface area contributed by atoms with E-state index in [-0.39, 0.29) is 5.75 Å². The Labute approximate surface area is 146 Å². The number of nitrogens with zero attached hydrogens (tertiary/aromatic N) is 2. The molecule has 0 radical (unpaired) electrons. The minimum Gasteiger partial charge on any atom is -0.504 e. The van der Waals surface area contributed by atoms with E-state index in [1.807, 2.05) is 41.1 Å². The number of ether oxygens (including phenoxy) is 2. The topological polar surface area (TPSA) is 82.5 Å². The first-order chi connectivity index (χ1) is 12.1. The van der Waals surface area contributed by atoms with Crippen LogP contribution in [0.3, 0.4) is 0 Å². The molecule has 2 aromatic carbocycles. The molecule has 1 aromatic heterocycles. The first-order valence-corrected chi connectivity index (χ1v) is 7.89. The summed E-state index contributed by atoms with van der Waals surface area (Å²) in [6.07, 6.45) is 2.55. The van der Waals surface area contributed by atoms with Crippen molar-refractivity contribution in [3.63, 3.8) is 0 Å². The van der Waals surface area contributed by atoms with Gasteiger partial charge < -0.3 is 24.9 Å². The maximum absolute atomic E-state index is 9.68. The van der Waals surface area contributed by atoms with Crippen LogP contribution in [-0.4, -0.2) is 28.9 Å². The summed E-state index contributed by atoms with van der Waals surface area (Å²) < 4.78 is 12.2. The number of anilines is 1. The van der Waals surface area contributed by atoms with Crippen molar-refractivity contribution in [2.45, 2.75) is 13.0 Å². The van der Waals surface area contributed by atoms with Crippen molar-refractivity contribution in [2.24, 2.45) is 0 Å². The second-order valence-electron chi connectivity index (χ2n) is 5.75. The molecule has 0 aliphatic rings. The van der Waals surface area contributed by atoms with Gasteiger partial charge in [-0.2, -0.15) is 0 Å². The normalized spacial score (nSPS) is 10.6. The third-order valence-electron chi connectivity index (χ3n) is 4.00. The number of nitrogen functional groups attached to an aromatic ring is 1. The van der Waals surface area contributed by atoms with E-state index in [9.17, 15) is 5.11 Å². The highest BCUT2D eigenvalue weighted by Crippen LogP contribution is 2.27. The Morgan fingerprint density at radius 2 is 1.76 bits per heavy atom. The van der Waals surface area contributed by atoms with Crippen molar-refractivity contribution >= 4 is 5.95 Å². The lowest BCUT2D eigenvalue weighted by Gasteiger charge is -2.06. The van der Waals surface area contributed by atoms with Gasteiger partial charge >= 0.3 is 0 Å². The average molecular weight is 339 g/mol. The molecule has 0 amide bonds. The minimum atomic E-state index is 0.121. The molecule has 0 atom stereocenters. The highest BCUT2D eigenvalue weighted by atomic mass is 16.5. The van der Waals surface area contributed by atoms with Gasteiger partial charge in [0.2, 0.25) is 5.95 Å². The molecule has 3 N–H and O–H groups in total. The predicted octanol–water partition coefficient (Wildman–Crippen LogP) is 2.83. The Bertz CT molecular complexity index is 857. The quantitative estimate of drug-likeness (QED) is 0.721. The van der Waals surface area contributed by atoms with Crippen LogP contribution >= 0.6 is 0 Å². The van der Waals surface area contributed by atoms with E-state index in [1.165, 1.54) is 7.11 Å². The van der Waals surface area contributed by atoms with Gasteiger partial charge in [-0.1, -0.05) is 18.2 Å². The van der Waals surface area contributed by atoms with Crippen LogP contribution in [0.25, 0.3) is 0 Å². The van der Waals surface area contributed by atoms with Crippen molar-refractivity contribution < 1.29 is 14.6 Å². The SMILES string of the molecule is COc1ccc(Cn2cc(Cc3ccc(O)c(OC)c3)nc2N)cc1. The van der Waals surface area contributed by atoms with Gasteiger partial charge in [-0.25, -0.2) is 4.98 Å². The number of hydrogen-bond donors (Lipinski definition) is 2. The Kier molecular flexibility index (Phi) is 4.79. The molecule has 6 nitrogen and oxygen atoms in total. The van der Waals surface area contributed by atoms with Crippen molar-refractivity contribution in [1.29, 1.82) is 0 Å². The average Bonchev–Trinajstić information content (AvgIpc) is 2.96. The molecule has 3 rings (SSSR count). The number of aromatic hydroxyl groups is 1. The minimum absolute atomic E-state index is 0.121. The molecule has 3 aromatic rings. The van der Waals surface area contributed by atoms with Crippen LogP contribution in [0.5, 0.6) is 17.2 Å². The van der Waals surface area contributed by atoms with Crippen LogP contribution < -0.4 is 15.2 Å². The van der Waals surface area contributed by atoms with Crippen LogP contribution in [0.4, 0.5) is 5.95 Å². The van der Waals surface area contributed by atoms with Crippen LogP contribution in [0.1, 0.15) is 16.8 Å². The highest BCUT2D eigenvalue weighted by molar-refractivity contribution is 5.43. The lowest BCUT2D eigenvalue weighted by Crippen LogP contribution is -2.03. The fourth-order valence-corrected chi connectivity index (χ4v) is 2.67. The fraction of sp³-hybridized carbons (Fsp3) is 0.211. The molecule has 0 saturated heterocycles. The fourth-order valence-electron chi connectivity index (χ4n) is 2.67. The van der Waals surface area contributed by atoms with Gasteiger partial charge in [-0.3, -0.25) is 0 Å². The lowest BCUT2D eigenvalue weighted by atomic mass is 10.1. The van der Waals surface area contributed by atoms with Crippen molar-refractivity contribution in [2.75, 3.05) is 20.0 Å². The molecule has 130 valence electrons. The van der Waals surface area contributed by atoms with E-state index in [0.717, 1.165) is 22.6 Å². The summed E-state index contributed by atoms with van der Waals surface area (Å²) in [7, 11) is 3.17. The maximum atomic E-state index is 9.68.